The van der Waals surface area contributed by atoms with E-state index in [1.807, 2.05) is 81.6 Å². The summed E-state index contributed by atoms with van der Waals surface area (Å²) in [6, 6.07) is 17.3. The van der Waals surface area contributed by atoms with E-state index in [1.54, 1.807) is 9.36 Å². The number of nitrogens with zero attached hydrogens (tertiary/aromatic N) is 4. The molecule has 0 spiro atoms. The van der Waals surface area contributed by atoms with Gasteiger partial charge in [0.05, 0.1) is 21.9 Å². The Morgan fingerprint density at radius 2 is 1.75 bits per heavy atom. The SMILES string of the molecule is CC1=Nc2ccccc2/C1=C/c1sc(=S)n(-c2c(C)n(C)n(-c3ccccc3)c2=O)c1O. The topological polar surface area (TPSA) is 64.5 Å². The molecule has 2 aromatic carbocycles. The summed E-state index contributed by atoms with van der Waals surface area (Å²) >= 11 is 6.85. The first-order valence-corrected chi connectivity index (χ1v) is 11.3. The van der Waals surface area contributed by atoms with Crippen molar-refractivity contribution in [3.63, 3.8) is 0 Å². The number of hydrogen-bond acceptors (Lipinski definition) is 5. The van der Waals surface area contributed by atoms with Gasteiger partial charge in [-0.15, -0.1) is 11.3 Å². The van der Waals surface area contributed by atoms with Crippen molar-refractivity contribution >= 4 is 46.6 Å². The number of allylic oxidation sites excluding steroid dienone is 1. The molecular formula is C24H20N4O2S2. The van der Waals surface area contributed by atoms with Crippen LogP contribution in [0.15, 0.2) is 64.4 Å². The maximum Gasteiger partial charge on any atom is 0.296 e. The number of fused-ring (bicyclic) bond motifs is 1. The molecule has 2 aromatic heterocycles. The number of benzene rings is 2. The Hall–Kier alpha value is -3.49. The van der Waals surface area contributed by atoms with Gasteiger partial charge in [0.15, 0.2) is 3.95 Å². The maximum atomic E-state index is 13.4. The van der Waals surface area contributed by atoms with Crippen molar-refractivity contribution in [1.29, 1.82) is 0 Å². The zero-order valence-corrected chi connectivity index (χ0v) is 19.4. The zero-order valence-electron chi connectivity index (χ0n) is 17.7. The first-order valence-electron chi connectivity index (χ1n) is 10.0. The fourth-order valence-corrected chi connectivity index (χ4v) is 5.30. The van der Waals surface area contributed by atoms with Crippen LogP contribution in [0.1, 0.15) is 23.1 Å². The number of thiazole rings is 1. The Morgan fingerprint density at radius 1 is 1.06 bits per heavy atom. The average Bonchev–Trinajstić information content (AvgIpc) is 3.33. The van der Waals surface area contributed by atoms with Gasteiger partial charge in [-0.3, -0.25) is 19.0 Å². The second-order valence-corrected chi connectivity index (χ2v) is 9.25. The number of para-hydroxylation sites is 2. The summed E-state index contributed by atoms with van der Waals surface area (Å²) in [6.45, 7) is 3.79. The van der Waals surface area contributed by atoms with Crippen LogP contribution in [0.2, 0.25) is 0 Å². The van der Waals surface area contributed by atoms with Crippen molar-refractivity contribution in [2.45, 2.75) is 13.8 Å². The number of hydrogen-bond donors (Lipinski definition) is 1. The summed E-state index contributed by atoms with van der Waals surface area (Å²) in [6.07, 6.45) is 1.89. The van der Waals surface area contributed by atoms with Gasteiger partial charge in [-0.1, -0.05) is 36.4 Å². The van der Waals surface area contributed by atoms with Crippen molar-refractivity contribution in [2.75, 3.05) is 0 Å². The number of aliphatic imine (C=N–C) groups is 1. The highest BCUT2D eigenvalue weighted by Crippen LogP contribution is 2.39. The van der Waals surface area contributed by atoms with Gasteiger partial charge in [-0.2, -0.15) is 0 Å². The van der Waals surface area contributed by atoms with Gasteiger partial charge in [0, 0.05) is 23.9 Å². The van der Waals surface area contributed by atoms with Crippen LogP contribution in [0.3, 0.4) is 0 Å². The van der Waals surface area contributed by atoms with Crippen molar-refractivity contribution in [2.24, 2.45) is 12.0 Å². The molecule has 0 radical (unpaired) electrons. The van der Waals surface area contributed by atoms with Gasteiger partial charge in [0.1, 0.15) is 5.69 Å². The molecule has 0 saturated carbocycles. The second kappa shape index (κ2) is 7.58. The molecule has 5 rings (SSSR count). The Morgan fingerprint density at radius 3 is 2.50 bits per heavy atom. The lowest BCUT2D eigenvalue weighted by Gasteiger charge is -2.07. The predicted molar refractivity (Wildman–Crippen MR) is 133 cm³/mol. The second-order valence-electron chi connectivity index (χ2n) is 7.57. The van der Waals surface area contributed by atoms with Crippen LogP contribution < -0.4 is 5.56 Å². The van der Waals surface area contributed by atoms with E-state index >= 15 is 0 Å². The number of aromatic hydroxyl groups is 1. The molecule has 1 aliphatic rings. The largest absolute Gasteiger partial charge is 0.493 e. The van der Waals surface area contributed by atoms with E-state index in [2.05, 4.69) is 4.99 Å². The van der Waals surface area contributed by atoms with E-state index in [4.69, 9.17) is 12.2 Å². The molecule has 0 saturated heterocycles. The van der Waals surface area contributed by atoms with Gasteiger partial charge in [-0.25, -0.2) is 4.68 Å². The minimum Gasteiger partial charge on any atom is -0.493 e. The van der Waals surface area contributed by atoms with Crippen LogP contribution in [-0.2, 0) is 7.05 Å². The number of rotatable bonds is 3. The normalized spacial score (nSPS) is 14.1. The molecular weight excluding hydrogens is 440 g/mol. The van der Waals surface area contributed by atoms with E-state index < -0.39 is 0 Å². The molecule has 0 atom stereocenters. The lowest BCUT2D eigenvalue weighted by molar-refractivity contribution is 0.440. The van der Waals surface area contributed by atoms with Gasteiger partial charge in [0.25, 0.3) is 5.56 Å². The van der Waals surface area contributed by atoms with Crippen molar-refractivity contribution in [3.05, 3.63) is 85.0 Å². The summed E-state index contributed by atoms with van der Waals surface area (Å²) < 4.78 is 5.22. The van der Waals surface area contributed by atoms with Gasteiger partial charge in [0.2, 0.25) is 5.88 Å². The average molecular weight is 461 g/mol. The quantitative estimate of drug-likeness (QED) is 0.415. The minimum absolute atomic E-state index is 0.0457. The summed E-state index contributed by atoms with van der Waals surface area (Å²) in [4.78, 5) is 18.6. The molecule has 160 valence electrons. The summed E-state index contributed by atoms with van der Waals surface area (Å²) in [5, 5.41) is 11.1. The Bertz CT molecular complexity index is 1550. The monoisotopic (exact) mass is 460 g/mol. The van der Waals surface area contributed by atoms with E-state index in [0.29, 0.717) is 20.2 Å². The molecule has 0 amide bonds. The molecule has 32 heavy (non-hydrogen) atoms. The molecule has 6 nitrogen and oxygen atoms in total. The van der Waals surface area contributed by atoms with E-state index in [-0.39, 0.29) is 11.4 Å². The van der Waals surface area contributed by atoms with Gasteiger partial charge >= 0.3 is 0 Å². The summed E-state index contributed by atoms with van der Waals surface area (Å²) in [5.74, 6) is -0.0457. The minimum atomic E-state index is -0.247. The highest BCUT2D eigenvalue weighted by atomic mass is 32.1. The lowest BCUT2D eigenvalue weighted by Crippen LogP contribution is -2.21. The third kappa shape index (κ3) is 3.03. The highest BCUT2D eigenvalue weighted by Gasteiger charge is 2.24. The molecule has 3 heterocycles. The molecule has 1 aliphatic heterocycles. The first-order chi connectivity index (χ1) is 15.4. The van der Waals surface area contributed by atoms with Crippen molar-refractivity contribution in [1.82, 2.24) is 13.9 Å². The molecule has 0 unspecified atom stereocenters. The highest BCUT2D eigenvalue weighted by molar-refractivity contribution is 7.73. The lowest BCUT2D eigenvalue weighted by atomic mass is 10.0. The van der Waals surface area contributed by atoms with Crippen molar-refractivity contribution in [3.8, 4) is 17.3 Å². The van der Waals surface area contributed by atoms with E-state index in [0.717, 1.165) is 28.2 Å². The zero-order chi connectivity index (χ0) is 22.6. The van der Waals surface area contributed by atoms with Crippen LogP contribution in [-0.4, -0.2) is 24.7 Å². The third-order valence-corrected chi connectivity index (χ3v) is 7.02. The Balaban J connectivity index is 1.69. The smallest absolute Gasteiger partial charge is 0.296 e. The van der Waals surface area contributed by atoms with Crippen LogP contribution in [0, 0.1) is 10.9 Å². The molecule has 4 aromatic rings. The third-order valence-electron chi connectivity index (χ3n) is 5.71. The summed E-state index contributed by atoms with van der Waals surface area (Å²) in [7, 11) is 1.82. The van der Waals surface area contributed by atoms with Crippen LogP contribution >= 0.6 is 23.6 Å². The first kappa shape index (κ1) is 20.4. The maximum absolute atomic E-state index is 13.4. The summed E-state index contributed by atoms with van der Waals surface area (Å²) in [5.41, 5.74) is 5.27. The van der Waals surface area contributed by atoms with Crippen LogP contribution in [0.25, 0.3) is 23.0 Å². The fourth-order valence-electron chi connectivity index (χ4n) is 4.03. The standard InChI is InChI=1S/C24H20N4O2S2/c1-14-18(17-11-7-8-12-19(17)25-14)13-20-22(29)27(24(31)32-20)21-15(2)26(3)28(23(21)30)16-9-5-4-6-10-16/h4-13,29H,1-3H3/b18-13+. The fraction of sp³-hybridized carbons (Fsp3) is 0.125. The molecule has 0 aliphatic carbocycles. The van der Waals surface area contributed by atoms with Gasteiger partial charge in [-0.05, 0) is 50.3 Å². The van der Waals surface area contributed by atoms with Crippen LogP contribution in [0.5, 0.6) is 5.88 Å². The predicted octanol–water partition coefficient (Wildman–Crippen LogP) is 5.42. The van der Waals surface area contributed by atoms with Crippen LogP contribution in [0.4, 0.5) is 5.69 Å². The molecule has 1 N–H and O–H groups in total. The Kier molecular flexibility index (Phi) is 4.83. The van der Waals surface area contributed by atoms with E-state index in [1.165, 1.54) is 15.9 Å². The van der Waals surface area contributed by atoms with E-state index in [9.17, 15) is 9.90 Å². The molecule has 8 heteroatoms. The number of aromatic nitrogens is 3. The molecule has 0 fully saturated rings. The van der Waals surface area contributed by atoms with Gasteiger partial charge < -0.3 is 5.11 Å². The van der Waals surface area contributed by atoms with Crippen molar-refractivity contribution < 1.29 is 5.11 Å². The Labute approximate surface area is 193 Å². The molecule has 0 bridgehead atoms.